The van der Waals surface area contributed by atoms with Gasteiger partial charge in [-0.2, -0.15) is 0 Å². The number of thioether (sulfide) groups is 1. The second-order valence-electron chi connectivity index (χ2n) is 6.12. The van der Waals surface area contributed by atoms with Crippen LogP contribution in [0.5, 0.6) is 5.75 Å². The fourth-order valence-corrected chi connectivity index (χ4v) is 4.50. The average Bonchev–Trinajstić information content (AvgIpc) is 2.99. The van der Waals surface area contributed by atoms with E-state index < -0.39 is 11.9 Å². The first-order valence-corrected chi connectivity index (χ1v) is 9.11. The minimum atomic E-state index is -0.649. The highest BCUT2D eigenvalue weighted by molar-refractivity contribution is 8.15. The van der Waals surface area contributed by atoms with Crippen molar-refractivity contribution in [1.82, 2.24) is 4.90 Å². The molecule has 0 aliphatic carbocycles. The Morgan fingerprint density at radius 1 is 1.31 bits per heavy atom. The third-order valence-electron chi connectivity index (χ3n) is 4.67. The van der Waals surface area contributed by atoms with Gasteiger partial charge in [0.2, 0.25) is 11.8 Å². The first kappa shape index (κ1) is 16.7. The number of fused-ring (bicyclic) bond motifs is 2. The number of aliphatic imine (C=N–C) groups is 1. The number of carbonyl (C=O) groups is 2. The minimum absolute atomic E-state index is 0.0972. The van der Waals surface area contributed by atoms with Crippen molar-refractivity contribution in [2.24, 2.45) is 10.7 Å². The van der Waals surface area contributed by atoms with Gasteiger partial charge >= 0.3 is 0 Å². The van der Waals surface area contributed by atoms with Gasteiger partial charge in [-0.3, -0.25) is 14.5 Å². The lowest BCUT2D eigenvalue weighted by Gasteiger charge is -2.34. The number of amides is 2. The zero-order valence-electron chi connectivity index (χ0n) is 14.4. The Bertz CT molecular complexity index is 1010. The molecule has 132 valence electrons. The highest BCUT2D eigenvalue weighted by Crippen LogP contribution is 2.45. The summed E-state index contributed by atoms with van der Waals surface area (Å²) >= 11 is 1.37. The third-order valence-corrected chi connectivity index (χ3v) is 5.61. The number of hydrogen-bond acceptors (Lipinski definition) is 5. The van der Waals surface area contributed by atoms with E-state index in [1.165, 1.54) is 11.8 Å². The molecule has 2 heterocycles. The standard InChI is InChI=1S/C19H17N3O3S/c1-10-15(18(20)24)17(22-14(23)9-26-19(22)21-10)16-12-6-4-3-5-11(12)7-8-13(16)25-2/h3-8,17H,9H2,1-2H3,(H2,20,24)/t17-/m1/s1. The number of hydrogen-bond donors (Lipinski definition) is 1. The molecule has 0 spiro atoms. The highest BCUT2D eigenvalue weighted by Gasteiger charge is 2.43. The van der Waals surface area contributed by atoms with Crippen molar-refractivity contribution in [3.63, 3.8) is 0 Å². The summed E-state index contributed by atoms with van der Waals surface area (Å²) in [5.41, 5.74) is 7.30. The maximum atomic E-state index is 12.6. The molecule has 0 unspecified atom stereocenters. The number of primary amides is 1. The quantitative estimate of drug-likeness (QED) is 0.904. The minimum Gasteiger partial charge on any atom is -0.496 e. The Kier molecular flexibility index (Phi) is 3.96. The average molecular weight is 367 g/mol. The number of allylic oxidation sites excluding steroid dienone is 1. The molecule has 0 radical (unpaired) electrons. The molecule has 1 fully saturated rings. The SMILES string of the molecule is COc1ccc2ccccc2c1[C@H]1C(C(N)=O)=C(C)N=C2SCC(=O)N21. The van der Waals surface area contributed by atoms with E-state index in [0.29, 0.717) is 27.9 Å². The van der Waals surface area contributed by atoms with E-state index in [9.17, 15) is 9.59 Å². The van der Waals surface area contributed by atoms with Gasteiger partial charge < -0.3 is 10.5 Å². The van der Waals surface area contributed by atoms with Gasteiger partial charge in [0.15, 0.2) is 5.17 Å². The summed E-state index contributed by atoms with van der Waals surface area (Å²) < 4.78 is 5.59. The summed E-state index contributed by atoms with van der Waals surface area (Å²) in [7, 11) is 1.58. The Morgan fingerprint density at radius 2 is 2.08 bits per heavy atom. The highest BCUT2D eigenvalue weighted by atomic mass is 32.2. The van der Waals surface area contributed by atoms with Crippen LogP contribution in [0.3, 0.4) is 0 Å². The van der Waals surface area contributed by atoms with E-state index >= 15 is 0 Å². The number of nitrogens with zero attached hydrogens (tertiary/aromatic N) is 2. The lowest BCUT2D eigenvalue weighted by molar-refractivity contribution is -0.125. The number of amidine groups is 1. The normalized spacial score (nSPS) is 19.6. The molecule has 2 N–H and O–H groups in total. The predicted molar refractivity (Wildman–Crippen MR) is 102 cm³/mol. The van der Waals surface area contributed by atoms with Gasteiger partial charge in [0.05, 0.1) is 24.1 Å². The van der Waals surface area contributed by atoms with Crippen molar-refractivity contribution >= 4 is 39.5 Å². The lowest BCUT2D eigenvalue weighted by Crippen LogP contribution is -2.40. The maximum absolute atomic E-state index is 12.6. The monoisotopic (exact) mass is 367 g/mol. The predicted octanol–water partition coefficient (Wildman–Crippen LogP) is 2.59. The number of carbonyl (C=O) groups excluding carboxylic acids is 2. The summed E-state index contributed by atoms with van der Waals surface area (Å²) in [4.78, 5) is 30.9. The number of ether oxygens (including phenoxy) is 1. The van der Waals surface area contributed by atoms with E-state index in [2.05, 4.69) is 4.99 Å². The number of benzene rings is 2. The zero-order valence-corrected chi connectivity index (χ0v) is 15.2. The Morgan fingerprint density at radius 3 is 2.81 bits per heavy atom. The summed E-state index contributed by atoms with van der Waals surface area (Å²) in [6, 6.07) is 11.0. The first-order chi connectivity index (χ1) is 12.5. The Balaban J connectivity index is 2.07. The van der Waals surface area contributed by atoms with Crippen molar-refractivity contribution in [2.45, 2.75) is 13.0 Å². The van der Waals surface area contributed by atoms with Crippen LogP contribution in [0.2, 0.25) is 0 Å². The Hall–Kier alpha value is -2.80. The molecule has 2 amide bonds. The van der Waals surface area contributed by atoms with E-state index in [4.69, 9.17) is 10.5 Å². The van der Waals surface area contributed by atoms with Gasteiger partial charge in [0, 0.05) is 5.56 Å². The summed E-state index contributed by atoms with van der Waals surface area (Å²) in [5.74, 6) is 0.211. The number of rotatable bonds is 3. The molecular weight excluding hydrogens is 350 g/mol. The first-order valence-electron chi connectivity index (χ1n) is 8.12. The van der Waals surface area contributed by atoms with Gasteiger partial charge in [-0.05, 0) is 23.8 Å². The van der Waals surface area contributed by atoms with Crippen molar-refractivity contribution in [1.29, 1.82) is 0 Å². The smallest absolute Gasteiger partial charge is 0.248 e. The van der Waals surface area contributed by atoms with Crippen molar-refractivity contribution in [3.8, 4) is 5.75 Å². The van der Waals surface area contributed by atoms with Crippen LogP contribution in [-0.2, 0) is 9.59 Å². The van der Waals surface area contributed by atoms with Gasteiger partial charge in [0.25, 0.3) is 0 Å². The maximum Gasteiger partial charge on any atom is 0.248 e. The van der Waals surface area contributed by atoms with Crippen molar-refractivity contribution in [2.75, 3.05) is 12.9 Å². The van der Waals surface area contributed by atoms with Crippen LogP contribution in [0.4, 0.5) is 0 Å². The molecule has 2 aromatic rings. The molecule has 6 nitrogen and oxygen atoms in total. The number of nitrogens with two attached hydrogens (primary N) is 1. The van der Waals surface area contributed by atoms with E-state index in [1.54, 1.807) is 18.9 Å². The molecule has 0 bridgehead atoms. The van der Waals surface area contributed by atoms with Crippen LogP contribution in [-0.4, -0.2) is 34.7 Å². The van der Waals surface area contributed by atoms with Crippen LogP contribution in [0.15, 0.2) is 52.7 Å². The molecule has 0 aromatic heterocycles. The molecule has 4 rings (SSSR count). The van der Waals surface area contributed by atoms with Crippen LogP contribution >= 0.6 is 11.8 Å². The largest absolute Gasteiger partial charge is 0.496 e. The van der Waals surface area contributed by atoms with Crippen molar-refractivity contribution < 1.29 is 14.3 Å². The summed E-state index contributed by atoms with van der Waals surface area (Å²) in [6.07, 6.45) is 0. The molecule has 0 saturated carbocycles. The zero-order chi connectivity index (χ0) is 18.4. The topological polar surface area (TPSA) is 85.0 Å². The molecule has 7 heteroatoms. The third kappa shape index (κ3) is 2.39. The molecule has 26 heavy (non-hydrogen) atoms. The van der Waals surface area contributed by atoms with Gasteiger partial charge in [-0.15, -0.1) is 0 Å². The summed E-state index contributed by atoms with van der Waals surface area (Å²) in [5, 5.41) is 2.50. The summed E-state index contributed by atoms with van der Waals surface area (Å²) in [6.45, 7) is 1.75. The van der Waals surface area contributed by atoms with Gasteiger partial charge in [-0.25, -0.2) is 4.99 Å². The molecule has 1 atom stereocenters. The van der Waals surface area contributed by atoms with Crippen LogP contribution in [0.1, 0.15) is 18.5 Å². The van der Waals surface area contributed by atoms with Gasteiger partial charge in [-0.1, -0.05) is 42.1 Å². The second kappa shape index (κ2) is 6.17. The molecule has 2 aliphatic rings. The fraction of sp³-hybridized carbons (Fsp3) is 0.211. The van der Waals surface area contributed by atoms with E-state index in [1.807, 2.05) is 36.4 Å². The molecule has 2 aromatic carbocycles. The molecule has 2 aliphatic heterocycles. The van der Waals surface area contributed by atoms with E-state index in [-0.39, 0.29) is 5.91 Å². The number of methoxy groups -OCH3 is 1. The lowest BCUT2D eigenvalue weighted by atomic mass is 9.89. The second-order valence-corrected chi connectivity index (χ2v) is 7.06. The Labute approximate surface area is 154 Å². The van der Waals surface area contributed by atoms with Crippen LogP contribution in [0.25, 0.3) is 10.8 Å². The van der Waals surface area contributed by atoms with Crippen LogP contribution in [0, 0.1) is 0 Å². The van der Waals surface area contributed by atoms with Crippen molar-refractivity contribution in [3.05, 3.63) is 53.2 Å². The van der Waals surface area contributed by atoms with Gasteiger partial charge in [0.1, 0.15) is 11.8 Å². The fourth-order valence-electron chi connectivity index (χ4n) is 3.57. The van der Waals surface area contributed by atoms with Crippen LogP contribution < -0.4 is 10.5 Å². The molecular formula is C19H17N3O3S. The van der Waals surface area contributed by atoms with E-state index in [0.717, 1.165) is 16.3 Å². The molecule has 1 saturated heterocycles.